The van der Waals surface area contributed by atoms with Gasteiger partial charge in [-0.25, -0.2) is 0 Å². The number of carbonyl (C=O) groups is 1. The van der Waals surface area contributed by atoms with Gasteiger partial charge in [0.15, 0.2) is 0 Å². The second-order valence-electron chi connectivity index (χ2n) is 5.49. The second-order valence-corrected chi connectivity index (χ2v) is 5.49. The van der Waals surface area contributed by atoms with E-state index < -0.39 is 0 Å². The molecule has 3 heteroatoms. The maximum Gasteiger partial charge on any atom is 0.256 e. The molecule has 0 saturated carbocycles. The van der Waals surface area contributed by atoms with Crippen LogP contribution in [0.25, 0.3) is 10.9 Å². The highest BCUT2D eigenvalue weighted by Gasteiger charge is 2.22. The van der Waals surface area contributed by atoms with E-state index in [4.69, 9.17) is 0 Å². The van der Waals surface area contributed by atoms with Gasteiger partial charge in [-0.15, -0.1) is 0 Å². The minimum atomic E-state index is 0.109. The van der Waals surface area contributed by atoms with E-state index in [1.54, 1.807) is 0 Å². The Morgan fingerprint density at radius 3 is 2.76 bits per heavy atom. The second kappa shape index (κ2) is 4.77. The van der Waals surface area contributed by atoms with E-state index in [-0.39, 0.29) is 5.91 Å². The molecule has 1 aromatic heterocycles. The summed E-state index contributed by atoms with van der Waals surface area (Å²) < 4.78 is 0. The van der Waals surface area contributed by atoms with Crippen molar-refractivity contribution in [3.05, 3.63) is 71.4 Å². The fraction of sp³-hybridized carbons (Fsp3) is 0.167. The first-order valence-electron chi connectivity index (χ1n) is 7.25. The molecule has 21 heavy (non-hydrogen) atoms. The van der Waals surface area contributed by atoms with Crippen molar-refractivity contribution < 1.29 is 4.79 Å². The molecule has 0 aliphatic carbocycles. The van der Waals surface area contributed by atoms with Gasteiger partial charge in [0.1, 0.15) is 0 Å². The Morgan fingerprint density at radius 1 is 1.00 bits per heavy atom. The van der Waals surface area contributed by atoms with Crippen LogP contribution >= 0.6 is 0 Å². The van der Waals surface area contributed by atoms with Gasteiger partial charge in [-0.2, -0.15) is 0 Å². The number of rotatable bonds is 1. The molecule has 0 bridgehead atoms. The third kappa shape index (κ3) is 2.02. The molecule has 0 radical (unpaired) electrons. The van der Waals surface area contributed by atoms with Crippen LogP contribution in [0.2, 0.25) is 0 Å². The van der Waals surface area contributed by atoms with Gasteiger partial charge in [-0.3, -0.25) is 4.79 Å². The SMILES string of the molecule is O=C(c1cccc2cc[nH]c12)N1CCc2ccccc2C1. The van der Waals surface area contributed by atoms with Gasteiger partial charge in [0.05, 0.1) is 11.1 Å². The minimum Gasteiger partial charge on any atom is -0.361 e. The minimum absolute atomic E-state index is 0.109. The molecule has 2 heterocycles. The van der Waals surface area contributed by atoms with E-state index in [0.717, 1.165) is 29.4 Å². The average molecular weight is 276 g/mol. The molecule has 1 amide bonds. The summed E-state index contributed by atoms with van der Waals surface area (Å²) in [6.07, 6.45) is 2.82. The molecule has 0 fully saturated rings. The molecule has 3 nitrogen and oxygen atoms in total. The number of nitrogens with zero attached hydrogens (tertiary/aromatic N) is 1. The number of aromatic amines is 1. The number of hydrogen-bond acceptors (Lipinski definition) is 1. The maximum absolute atomic E-state index is 12.8. The lowest BCUT2D eigenvalue weighted by molar-refractivity contribution is 0.0736. The smallest absolute Gasteiger partial charge is 0.256 e. The number of benzene rings is 2. The van der Waals surface area contributed by atoms with Crippen LogP contribution in [0.5, 0.6) is 0 Å². The Bertz CT molecular complexity index is 819. The van der Waals surface area contributed by atoms with E-state index >= 15 is 0 Å². The first-order chi connectivity index (χ1) is 10.3. The fourth-order valence-corrected chi connectivity index (χ4v) is 3.10. The first-order valence-corrected chi connectivity index (χ1v) is 7.25. The fourth-order valence-electron chi connectivity index (χ4n) is 3.10. The third-order valence-corrected chi connectivity index (χ3v) is 4.24. The van der Waals surface area contributed by atoms with E-state index in [9.17, 15) is 4.79 Å². The predicted octanol–water partition coefficient (Wildman–Crippen LogP) is 3.37. The van der Waals surface area contributed by atoms with Gasteiger partial charge in [0.2, 0.25) is 0 Å². The van der Waals surface area contributed by atoms with Gasteiger partial charge >= 0.3 is 0 Å². The highest BCUT2D eigenvalue weighted by atomic mass is 16.2. The van der Waals surface area contributed by atoms with E-state index in [0.29, 0.717) is 6.54 Å². The van der Waals surface area contributed by atoms with Crippen molar-refractivity contribution in [2.24, 2.45) is 0 Å². The topological polar surface area (TPSA) is 36.1 Å². The Kier molecular flexibility index (Phi) is 2.78. The summed E-state index contributed by atoms with van der Waals surface area (Å²) in [5, 5.41) is 1.08. The van der Waals surface area contributed by atoms with Crippen LogP contribution in [-0.2, 0) is 13.0 Å². The molecular formula is C18H16N2O. The lowest BCUT2D eigenvalue weighted by Gasteiger charge is -2.29. The molecule has 2 aromatic carbocycles. The zero-order valence-corrected chi connectivity index (χ0v) is 11.7. The third-order valence-electron chi connectivity index (χ3n) is 4.24. The van der Waals surface area contributed by atoms with Crippen molar-refractivity contribution in [3.63, 3.8) is 0 Å². The molecule has 0 saturated heterocycles. The molecule has 0 spiro atoms. The summed E-state index contributed by atoms with van der Waals surface area (Å²) in [6, 6.07) is 16.2. The highest BCUT2D eigenvalue weighted by Crippen LogP contribution is 2.23. The van der Waals surface area contributed by atoms with E-state index in [2.05, 4.69) is 23.2 Å². The number of nitrogens with one attached hydrogen (secondary N) is 1. The number of amides is 1. The van der Waals surface area contributed by atoms with Crippen LogP contribution < -0.4 is 0 Å². The van der Waals surface area contributed by atoms with Crippen LogP contribution in [-0.4, -0.2) is 22.3 Å². The monoisotopic (exact) mass is 276 g/mol. The van der Waals surface area contributed by atoms with Crippen molar-refractivity contribution >= 4 is 16.8 Å². The number of hydrogen-bond donors (Lipinski definition) is 1. The van der Waals surface area contributed by atoms with Crippen LogP contribution in [0.4, 0.5) is 0 Å². The summed E-state index contributed by atoms with van der Waals surface area (Å²) in [5.74, 6) is 0.109. The lowest BCUT2D eigenvalue weighted by atomic mass is 9.99. The number of fused-ring (bicyclic) bond motifs is 2. The molecule has 4 rings (SSSR count). The Hall–Kier alpha value is -2.55. The Morgan fingerprint density at radius 2 is 1.86 bits per heavy atom. The van der Waals surface area contributed by atoms with Crippen LogP contribution in [0, 0.1) is 0 Å². The maximum atomic E-state index is 12.8. The van der Waals surface area contributed by atoms with Crippen LogP contribution in [0.3, 0.4) is 0 Å². The van der Waals surface area contributed by atoms with Crippen LogP contribution in [0.1, 0.15) is 21.5 Å². The Labute approximate surface area is 123 Å². The molecule has 104 valence electrons. The lowest BCUT2D eigenvalue weighted by Crippen LogP contribution is -2.36. The van der Waals surface area contributed by atoms with Crippen molar-refractivity contribution in [1.29, 1.82) is 0 Å². The number of carbonyl (C=O) groups excluding carboxylic acids is 1. The summed E-state index contributed by atoms with van der Waals surface area (Å²) in [7, 11) is 0. The van der Waals surface area contributed by atoms with Gasteiger partial charge in [0.25, 0.3) is 5.91 Å². The molecule has 1 aliphatic heterocycles. The van der Waals surface area contributed by atoms with Gasteiger partial charge in [-0.05, 0) is 29.7 Å². The van der Waals surface area contributed by atoms with Crippen molar-refractivity contribution in [3.8, 4) is 0 Å². The summed E-state index contributed by atoms with van der Waals surface area (Å²) in [6.45, 7) is 1.49. The standard InChI is InChI=1S/C18H16N2O/c21-18(16-7-3-6-14-8-10-19-17(14)16)20-11-9-13-4-1-2-5-15(13)12-20/h1-8,10,19H,9,11-12H2. The number of para-hydroxylation sites is 1. The molecule has 0 unspecified atom stereocenters. The highest BCUT2D eigenvalue weighted by molar-refractivity contribution is 6.05. The largest absolute Gasteiger partial charge is 0.361 e. The quantitative estimate of drug-likeness (QED) is 0.727. The van der Waals surface area contributed by atoms with Gasteiger partial charge < -0.3 is 9.88 Å². The predicted molar refractivity (Wildman–Crippen MR) is 83.2 cm³/mol. The number of H-pyrrole nitrogens is 1. The number of aromatic nitrogens is 1. The van der Waals surface area contributed by atoms with E-state index in [1.165, 1.54) is 11.1 Å². The summed E-state index contributed by atoms with van der Waals surface area (Å²) in [5.41, 5.74) is 4.31. The Balaban J connectivity index is 1.69. The normalized spacial score (nSPS) is 14.2. The zero-order valence-electron chi connectivity index (χ0n) is 11.7. The van der Waals surface area contributed by atoms with Crippen molar-refractivity contribution in [2.75, 3.05) is 6.54 Å². The summed E-state index contributed by atoms with van der Waals surface area (Å²) in [4.78, 5) is 17.9. The van der Waals surface area contributed by atoms with Crippen molar-refractivity contribution in [2.45, 2.75) is 13.0 Å². The molecule has 1 N–H and O–H groups in total. The average Bonchev–Trinajstić information content (AvgIpc) is 3.02. The summed E-state index contributed by atoms with van der Waals surface area (Å²) >= 11 is 0. The molecular weight excluding hydrogens is 260 g/mol. The van der Waals surface area contributed by atoms with Crippen LogP contribution in [0.15, 0.2) is 54.7 Å². The zero-order chi connectivity index (χ0) is 14.2. The molecule has 1 aliphatic rings. The van der Waals surface area contributed by atoms with Crippen molar-refractivity contribution in [1.82, 2.24) is 9.88 Å². The molecule has 3 aromatic rings. The van der Waals surface area contributed by atoms with Gasteiger partial charge in [0, 0.05) is 24.7 Å². The van der Waals surface area contributed by atoms with E-state index in [1.807, 2.05) is 41.4 Å². The first kappa shape index (κ1) is 12.2. The van der Waals surface area contributed by atoms with Gasteiger partial charge in [-0.1, -0.05) is 36.4 Å². The molecule has 0 atom stereocenters.